The Hall–Kier alpha value is -1.51. The molecule has 3 nitrogen and oxygen atoms in total. The van der Waals surface area contributed by atoms with E-state index in [2.05, 4.69) is 0 Å². The summed E-state index contributed by atoms with van der Waals surface area (Å²) in [5.74, 6) is 0.165. The first-order valence-corrected chi connectivity index (χ1v) is 5.09. The SMILES string of the molecule is Cc1ccccc1OCC1CC1C(=O)O. The summed E-state index contributed by atoms with van der Waals surface area (Å²) in [4.78, 5) is 10.6. The molecule has 1 aromatic carbocycles. The summed E-state index contributed by atoms with van der Waals surface area (Å²) in [5.41, 5.74) is 1.09. The first-order valence-electron chi connectivity index (χ1n) is 5.09. The molecule has 0 radical (unpaired) electrons. The number of hydrogen-bond acceptors (Lipinski definition) is 2. The molecule has 1 fully saturated rings. The number of aliphatic carboxylic acids is 1. The van der Waals surface area contributed by atoms with E-state index in [4.69, 9.17) is 9.84 Å². The van der Waals surface area contributed by atoms with Gasteiger partial charge in [0.15, 0.2) is 0 Å². The molecule has 1 N–H and O–H groups in total. The summed E-state index contributed by atoms with van der Waals surface area (Å²) in [6.45, 7) is 2.50. The van der Waals surface area contributed by atoms with Crippen LogP contribution in [0, 0.1) is 18.8 Å². The molecule has 2 rings (SSSR count). The summed E-state index contributed by atoms with van der Waals surface area (Å²) in [6, 6.07) is 7.77. The standard InChI is InChI=1S/C12H14O3/c1-8-4-2-3-5-11(8)15-7-9-6-10(9)12(13)14/h2-5,9-10H,6-7H2,1H3,(H,13,14). The number of aryl methyl sites for hydroxylation is 1. The summed E-state index contributed by atoms with van der Waals surface area (Å²) >= 11 is 0. The van der Waals surface area contributed by atoms with E-state index >= 15 is 0 Å². The first-order chi connectivity index (χ1) is 7.18. The number of hydrogen-bond donors (Lipinski definition) is 1. The lowest BCUT2D eigenvalue weighted by atomic mass is 10.2. The highest BCUT2D eigenvalue weighted by atomic mass is 16.5. The molecule has 0 spiro atoms. The van der Waals surface area contributed by atoms with Crippen LogP contribution in [-0.4, -0.2) is 17.7 Å². The van der Waals surface area contributed by atoms with Gasteiger partial charge >= 0.3 is 5.97 Å². The molecule has 1 aromatic rings. The Labute approximate surface area is 88.7 Å². The van der Waals surface area contributed by atoms with Gasteiger partial charge in [-0.25, -0.2) is 0 Å². The molecule has 80 valence electrons. The van der Waals surface area contributed by atoms with Crippen molar-refractivity contribution < 1.29 is 14.6 Å². The van der Waals surface area contributed by atoms with Crippen molar-refractivity contribution in [2.45, 2.75) is 13.3 Å². The van der Waals surface area contributed by atoms with Gasteiger partial charge < -0.3 is 9.84 Å². The second-order valence-electron chi connectivity index (χ2n) is 4.02. The zero-order chi connectivity index (χ0) is 10.8. The van der Waals surface area contributed by atoms with Crippen molar-refractivity contribution >= 4 is 5.97 Å². The van der Waals surface area contributed by atoms with E-state index in [-0.39, 0.29) is 11.8 Å². The fourth-order valence-corrected chi connectivity index (χ4v) is 1.65. The zero-order valence-electron chi connectivity index (χ0n) is 8.64. The lowest BCUT2D eigenvalue weighted by Crippen LogP contribution is -2.06. The number of carboxylic acids is 1. The fourth-order valence-electron chi connectivity index (χ4n) is 1.65. The third-order valence-corrected chi connectivity index (χ3v) is 2.79. The Balaban J connectivity index is 1.85. The molecule has 3 heteroatoms. The van der Waals surface area contributed by atoms with Gasteiger partial charge in [0.25, 0.3) is 0 Å². The zero-order valence-corrected chi connectivity index (χ0v) is 8.64. The predicted molar refractivity (Wildman–Crippen MR) is 55.9 cm³/mol. The van der Waals surface area contributed by atoms with Gasteiger partial charge in [-0.15, -0.1) is 0 Å². The third kappa shape index (κ3) is 2.29. The summed E-state index contributed by atoms with van der Waals surface area (Å²) < 4.78 is 5.58. The second-order valence-corrected chi connectivity index (χ2v) is 4.02. The van der Waals surface area contributed by atoms with Crippen molar-refractivity contribution in [3.63, 3.8) is 0 Å². The first kappa shape index (κ1) is 10.0. The van der Waals surface area contributed by atoms with Crippen LogP contribution in [0.15, 0.2) is 24.3 Å². The van der Waals surface area contributed by atoms with Gasteiger partial charge in [-0.2, -0.15) is 0 Å². The van der Waals surface area contributed by atoms with Crippen LogP contribution in [0.25, 0.3) is 0 Å². The largest absolute Gasteiger partial charge is 0.493 e. The molecular formula is C12H14O3. The molecule has 1 saturated carbocycles. The van der Waals surface area contributed by atoms with Crippen molar-refractivity contribution in [3.8, 4) is 5.75 Å². The van der Waals surface area contributed by atoms with Gasteiger partial charge in [-0.05, 0) is 25.0 Å². The average molecular weight is 206 g/mol. The van der Waals surface area contributed by atoms with Crippen molar-refractivity contribution in [1.82, 2.24) is 0 Å². The highest BCUT2D eigenvalue weighted by Gasteiger charge is 2.43. The van der Waals surface area contributed by atoms with Crippen molar-refractivity contribution in [2.75, 3.05) is 6.61 Å². The Morgan fingerprint density at radius 1 is 1.53 bits per heavy atom. The van der Waals surface area contributed by atoms with E-state index in [1.165, 1.54) is 0 Å². The van der Waals surface area contributed by atoms with Crippen LogP contribution in [0.4, 0.5) is 0 Å². The molecule has 2 unspecified atom stereocenters. The Bertz CT molecular complexity index is 373. The summed E-state index contributed by atoms with van der Waals surface area (Å²) in [5, 5.41) is 8.72. The van der Waals surface area contributed by atoms with Gasteiger partial charge in [-0.3, -0.25) is 4.79 Å². The van der Waals surface area contributed by atoms with Gasteiger partial charge in [0.2, 0.25) is 0 Å². The minimum atomic E-state index is -0.701. The highest BCUT2D eigenvalue weighted by Crippen LogP contribution is 2.39. The third-order valence-electron chi connectivity index (χ3n) is 2.79. The van der Waals surface area contributed by atoms with E-state index in [0.717, 1.165) is 17.7 Å². The number of para-hydroxylation sites is 1. The molecule has 1 aliphatic rings. The maximum Gasteiger partial charge on any atom is 0.306 e. The fraction of sp³-hybridized carbons (Fsp3) is 0.417. The lowest BCUT2D eigenvalue weighted by Gasteiger charge is -2.07. The van der Waals surface area contributed by atoms with Crippen LogP contribution in [0.5, 0.6) is 5.75 Å². The maximum atomic E-state index is 10.6. The number of benzene rings is 1. The monoisotopic (exact) mass is 206 g/mol. The molecule has 1 aliphatic carbocycles. The molecule has 0 aliphatic heterocycles. The number of carboxylic acid groups (broad SMARTS) is 1. The smallest absolute Gasteiger partial charge is 0.306 e. The summed E-state index contributed by atoms with van der Waals surface area (Å²) in [6.07, 6.45) is 0.751. The normalized spacial score (nSPS) is 23.5. The van der Waals surface area contributed by atoms with Crippen molar-refractivity contribution in [3.05, 3.63) is 29.8 Å². The average Bonchev–Trinajstić information content (AvgIpc) is 2.96. The lowest BCUT2D eigenvalue weighted by molar-refractivity contribution is -0.138. The second kappa shape index (κ2) is 3.93. The van der Waals surface area contributed by atoms with E-state index < -0.39 is 5.97 Å². The van der Waals surface area contributed by atoms with E-state index in [1.54, 1.807) is 0 Å². The van der Waals surface area contributed by atoms with E-state index in [9.17, 15) is 4.79 Å². The predicted octanol–water partition coefficient (Wildman–Crippen LogP) is 2.09. The van der Waals surface area contributed by atoms with Gasteiger partial charge in [-0.1, -0.05) is 18.2 Å². The molecule has 0 amide bonds. The van der Waals surface area contributed by atoms with E-state index in [0.29, 0.717) is 6.61 Å². The maximum absolute atomic E-state index is 10.6. The number of ether oxygens (including phenoxy) is 1. The minimum absolute atomic E-state index is 0.186. The van der Waals surface area contributed by atoms with Crippen LogP contribution in [0.3, 0.4) is 0 Å². The topological polar surface area (TPSA) is 46.5 Å². The molecule has 2 atom stereocenters. The van der Waals surface area contributed by atoms with Crippen LogP contribution < -0.4 is 4.74 Å². The molecule has 0 heterocycles. The molecule has 0 bridgehead atoms. The Morgan fingerprint density at radius 3 is 2.87 bits per heavy atom. The Kier molecular flexibility index (Phi) is 2.62. The molecular weight excluding hydrogens is 192 g/mol. The van der Waals surface area contributed by atoms with Crippen LogP contribution in [0.1, 0.15) is 12.0 Å². The van der Waals surface area contributed by atoms with Crippen molar-refractivity contribution in [1.29, 1.82) is 0 Å². The Morgan fingerprint density at radius 2 is 2.27 bits per heavy atom. The quantitative estimate of drug-likeness (QED) is 0.820. The van der Waals surface area contributed by atoms with Gasteiger partial charge in [0.05, 0.1) is 12.5 Å². The van der Waals surface area contributed by atoms with Crippen LogP contribution in [-0.2, 0) is 4.79 Å². The highest BCUT2D eigenvalue weighted by molar-refractivity contribution is 5.73. The molecule has 15 heavy (non-hydrogen) atoms. The van der Waals surface area contributed by atoms with Crippen LogP contribution >= 0.6 is 0 Å². The molecule has 0 aromatic heterocycles. The number of rotatable bonds is 4. The van der Waals surface area contributed by atoms with Gasteiger partial charge in [0.1, 0.15) is 5.75 Å². The number of carbonyl (C=O) groups is 1. The summed E-state index contributed by atoms with van der Waals surface area (Å²) in [7, 11) is 0. The van der Waals surface area contributed by atoms with Gasteiger partial charge in [0, 0.05) is 5.92 Å². The minimum Gasteiger partial charge on any atom is -0.493 e. The van der Waals surface area contributed by atoms with Crippen molar-refractivity contribution in [2.24, 2.45) is 11.8 Å². The van der Waals surface area contributed by atoms with Crippen LogP contribution in [0.2, 0.25) is 0 Å². The molecule has 0 saturated heterocycles. The van der Waals surface area contributed by atoms with E-state index in [1.807, 2.05) is 31.2 Å².